The summed E-state index contributed by atoms with van der Waals surface area (Å²) in [5, 5.41) is 17.7. The fourth-order valence-electron chi connectivity index (χ4n) is 7.87. The Labute approximate surface area is 266 Å². The van der Waals surface area contributed by atoms with E-state index in [2.05, 4.69) is 76.9 Å². The number of carboxylic acids is 1. The molecule has 0 unspecified atom stereocenters. The van der Waals surface area contributed by atoms with Gasteiger partial charge in [0.15, 0.2) is 0 Å². The standard InChI is InChI=1S/C38H47FN4O2/c1-4-26(3)37(38(44)45)42-24-32(35(25-42)31-11-8-12-33(39)21-31)23-41-17-15-29(16-18-41)36-22-34(40-43(36)5-2)20-27-13-14-28-9-6-7-10-30(28)19-27/h6-14,19,21-22,26,29,32,35,37H,4-5,15-18,20,23-25H2,1-3H3,(H,44,45)/t26-,32-,35+,37+/m0/s1. The zero-order valence-corrected chi connectivity index (χ0v) is 26.9. The second-order valence-corrected chi connectivity index (χ2v) is 13.4. The van der Waals surface area contributed by atoms with Crippen LogP contribution in [-0.2, 0) is 17.8 Å². The molecule has 4 atom stereocenters. The predicted molar refractivity (Wildman–Crippen MR) is 178 cm³/mol. The lowest BCUT2D eigenvalue weighted by molar-refractivity contribution is -0.145. The molecule has 0 spiro atoms. The molecular formula is C38H47FN4O2. The number of nitrogens with zero attached hydrogens (tertiary/aromatic N) is 4. The van der Waals surface area contributed by atoms with Crippen LogP contribution in [0.1, 0.15) is 74.4 Å². The van der Waals surface area contributed by atoms with E-state index in [1.165, 1.54) is 28.1 Å². The van der Waals surface area contributed by atoms with Gasteiger partial charge in [-0.2, -0.15) is 5.10 Å². The summed E-state index contributed by atoms with van der Waals surface area (Å²) in [6, 6.07) is 23.9. The molecule has 0 amide bonds. The van der Waals surface area contributed by atoms with Gasteiger partial charge in [-0.05, 0) is 84.8 Å². The summed E-state index contributed by atoms with van der Waals surface area (Å²) in [4.78, 5) is 17.0. The number of rotatable bonds is 11. The highest BCUT2D eigenvalue weighted by atomic mass is 19.1. The van der Waals surface area contributed by atoms with Gasteiger partial charge in [0.05, 0.1) is 5.69 Å². The number of fused-ring (bicyclic) bond motifs is 1. The van der Waals surface area contributed by atoms with Crippen LogP contribution in [0.15, 0.2) is 72.8 Å². The highest BCUT2D eigenvalue weighted by Crippen LogP contribution is 2.38. The van der Waals surface area contributed by atoms with Crippen molar-refractivity contribution in [2.75, 3.05) is 32.7 Å². The third kappa shape index (κ3) is 7.00. The third-order valence-corrected chi connectivity index (χ3v) is 10.4. The molecule has 0 aliphatic carbocycles. The van der Waals surface area contributed by atoms with Crippen LogP contribution in [0.4, 0.5) is 4.39 Å². The SMILES string of the molecule is CC[C@H](C)[C@H](C(=O)O)N1C[C@H](CN2CCC(c3cc(Cc4ccc5ccccc5c4)nn3CC)CC2)[C@@H](c2cccc(F)c2)C1. The van der Waals surface area contributed by atoms with Crippen LogP contribution in [0.2, 0.25) is 0 Å². The average molecular weight is 611 g/mol. The summed E-state index contributed by atoms with van der Waals surface area (Å²) in [6.07, 6.45) is 3.80. The molecule has 2 aliphatic rings. The highest BCUT2D eigenvalue weighted by Gasteiger charge is 2.42. The van der Waals surface area contributed by atoms with Crippen molar-refractivity contribution in [1.29, 1.82) is 0 Å². The fraction of sp³-hybridized carbons (Fsp3) is 0.474. The van der Waals surface area contributed by atoms with Crippen LogP contribution in [0.25, 0.3) is 10.8 Å². The Morgan fingerprint density at radius 1 is 0.978 bits per heavy atom. The first-order chi connectivity index (χ1) is 21.8. The lowest BCUT2D eigenvalue weighted by Crippen LogP contribution is -2.45. The number of aliphatic carboxylic acids is 1. The zero-order chi connectivity index (χ0) is 31.5. The van der Waals surface area contributed by atoms with E-state index < -0.39 is 12.0 Å². The van der Waals surface area contributed by atoms with Gasteiger partial charge in [0.25, 0.3) is 0 Å². The first-order valence-electron chi connectivity index (χ1n) is 16.8. The van der Waals surface area contributed by atoms with Gasteiger partial charge >= 0.3 is 5.97 Å². The van der Waals surface area contributed by atoms with Crippen LogP contribution in [0, 0.1) is 17.7 Å². The second-order valence-electron chi connectivity index (χ2n) is 13.4. The van der Waals surface area contributed by atoms with E-state index in [-0.39, 0.29) is 23.6 Å². The van der Waals surface area contributed by atoms with Crippen molar-refractivity contribution < 1.29 is 14.3 Å². The average Bonchev–Trinajstić information content (AvgIpc) is 3.65. The Balaban J connectivity index is 1.13. The van der Waals surface area contributed by atoms with Crippen molar-refractivity contribution in [2.45, 2.75) is 70.9 Å². The number of carboxylic acid groups (broad SMARTS) is 1. The summed E-state index contributed by atoms with van der Waals surface area (Å²) < 4.78 is 16.5. The van der Waals surface area contributed by atoms with Crippen LogP contribution in [0.3, 0.4) is 0 Å². The molecule has 238 valence electrons. The molecule has 0 saturated carbocycles. The minimum atomic E-state index is -0.753. The first kappa shape index (κ1) is 31.4. The van der Waals surface area contributed by atoms with Crippen molar-refractivity contribution in [3.8, 4) is 0 Å². The molecule has 0 radical (unpaired) electrons. The monoisotopic (exact) mass is 610 g/mol. The van der Waals surface area contributed by atoms with Crippen molar-refractivity contribution in [2.24, 2.45) is 11.8 Å². The molecule has 4 aromatic rings. The second kappa shape index (κ2) is 13.8. The summed E-state index contributed by atoms with van der Waals surface area (Å²) >= 11 is 0. The van der Waals surface area contributed by atoms with Crippen molar-refractivity contribution >= 4 is 16.7 Å². The summed E-state index contributed by atoms with van der Waals surface area (Å²) in [5.41, 5.74) is 4.74. The molecule has 6 nitrogen and oxygen atoms in total. The Hall–Kier alpha value is -3.55. The van der Waals surface area contributed by atoms with Gasteiger partial charge in [0, 0.05) is 50.1 Å². The summed E-state index contributed by atoms with van der Waals surface area (Å²) in [5.74, 6) is -0.0850. The van der Waals surface area contributed by atoms with E-state index in [1.54, 1.807) is 12.1 Å². The van der Waals surface area contributed by atoms with Gasteiger partial charge in [0.1, 0.15) is 11.9 Å². The Kier molecular flexibility index (Phi) is 9.67. The zero-order valence-electron chi connectivity index (χ0n) is 26.9. The molecule has 2 saturated heterocycles. The van der Waals surface area contributed by atoms with E-state index in [4.69, 9.17) is 5.10 Å². The summed E-state index contributed by atoms with van der Waals surface area (Å²) in [7, 11) is 0. The molecule has 45 heavy (non-hydrogen) atoms. The third-order valence-electron chi connectivity index (χ3n) is 10.4. The molecule has 3 heterocycles. The maximum Gasteiger partial charge on any atom is 0.321 e. The van der Waals surface area contributed by atoms with E-state index in [0.29, 0.717) is 12.5 Å². The Bertz CT molecular complexity index is 1610. The predicted octanol–water partition coefficient (Wildman–Crippen LogP) is 7.18. The van der Waals surface area contributed by atoms with Crippen LogP contribution in [0.5, 0.6) is 0 Å². The highest BCUT2D eigenvalue weighted by molar-refractivity contribution is 5.83. The van der Waals surface area contributed by atoms with Gasteiger partial charge in [-0.15, -0.1) is 0 Å². The number of hydrogen-bond donors (Lipinski definition) is 1. The van der Waals surface area contributed by atoms with E-state index in [0.717, 1.165) is 69.7 Å². The van der Waals surface area contributed by atoms with Gasteiger partial charge in [-0.1, -0.05) is 74.9 Å². The number of aromatic nitrogens is 2. The molecule has 2 fully saturated rings. The van der Waals surface area contributed by atoms with E-state index in [1.807, 2.05) is 13.0 Å². The number of likely N-dealkylation sites (tertiary alicyclic amines) is 2. The molecule has 3 aromatic carbocycles. The largest absolute Gasteiger partial charge is 0.480 e. The lowest BCUT2D eigenvalue weighted by atomic mass is 9.87. The van der Waals surface area contributed by atoms with Gasteiger partial charge in [0.2, 0.25) is 0 Å². The smallest absolute Gasteiger partial charge is 0.321 e. The van der Waals surface area contributed by atoms with Crippen LogP contribution < -0.4 is 0 Å². The van der Waals surface area contributed by atoms with Gasteiger partial charge in [-0.25, -0.2) is 4.39 Å². The maximum atomic E-state index is 14.3. The molecular weight excluding hydrogens is 563 g/mol. The first-order valence-corrected chi connectivity index (χ1v) is 16.8. The van der Waals surface area contributed by atoms with Crippen LogP contribution >= 0.6 is 0 Å². The van der Waals surface area contributed by atoms with Crippen molar-refractivity contribution in [1.82, 2.24) is 19.6 Å². The molecule has 6 rings (SSSR count). The number of benzene rings is 3. The molecule has 0 bridgehead atoms. The lowest BCUT2D eigenvalue weighted by Gasteiger charge is -2.35. The number of piperidine rings is 1. The molecule has 7 heteroatoms. The normalized spacial score (nSPS) is 21.3. The molecule has 1 N–H and O–H groups in total. The number of halogens is 1. The topological polar surface area (TPSA) is 61.6 Å². The summed E-state index contributed by atoms with van der Waals surface area (Å²) in [6.45, 7) is 11.4. The minimum Gasteiger partial charge on any atom is -0.480 e. The van der Waals surface area contributed by atoms with Crippen LogP contribution in [-0.4, -0.2) is 69.4 Å². The number of hydrogen-bond acceptors (Lipinski definition) is 4. The number of carbonyl (C=O) groups is 1. The Morgan fingerprint density at radius 2 is 1.76 bits per heavy atom. The van der Waals surface area contributed by atoms with Gasteiger partial charge in [-0.3, -0.25) is 14.4 Å². The van der Waals surface area contributed by atoms with Crippen molar-refractivity contribution in [3.05, 3.63) is 101 Å². The number of aryl methyl sites for hydroxylation is 1. The van der Waals surface area contributed by atoms with E-state index >= 15 is 0 Å². The fourth-order valence-corrected chi connectivity index (χ4v) is 7.87. The maximum absolute atomic E-state index is 14.3. The minimum absolute atomic E-state index is 0.0553. The van der Waals surface area contributed by atoms with E-state index in [9.17, 15) is 14.3 Å². The van der Waals surface area contributed by atoms with Gasteiger partial charge < -0.3 is 10.0 Å². The molecule has 1 aromatic heterocycles. The Morgan fingerprint density at radius 3 is 2.47 bits per heavy atom. The quantitative estimate of drug-likeness (QED) is 0.195. The van der Waals surface area contributed by atoms with Crippen molar-refractivity contribution in [3.63, 3.8) is 0 Å². The molecule has 2 aliphatic heterocycles.